The van der Waals surface area contributed by atoms with E-state index in [1.165, 1.54) is 9.80 Å². The van der Waals surface area contributed by atoms with Gasteiger partial charge in [0.1, 0.15) is 12.1 Å². The zero-order chi connectivity index (χ0) is 26.6. The lowest BCUT2D eigenvalue weighted by molar-refractivity contribution is -0.128. The highest BCUT2D eigenvalue weighted by Crippen LogP contribution is 2.33. The smallest absolute Gasteiger partial charge is 0.251 e. The second kappa shape index (κ2) is 11.1. The first-order chi connectivity index (χ1) is 17.7. The zero-order valence-electron chi connectivity index (χ0n) is 21.8. The number of aromatic nitrogens is 1. The molecule has 1 aliphatic heterocycles. The van der Waals surface area contributed by atoms with Crippen molar-refractivity contribution in [3.63, 3.8) is 0 Å². The molecule has 0 spiro atoms. The molecule has 1 saturated carbocycles. The Morgan fingerprint density at radius 2 is 1.84 bits per heavy atom. The summed E-state index contributed by atoms with van der Waals surface area (Å²) in [4.78, 5) is 47.2. The fourth-order valence-corrected chi connectivity index (χ4v) is 5.18. The molecule has 8 heteroatoms. The van der Waals surface area contributed by atoms with Crippen LogP contribution in [0.3, 0.4) is 0 Å². The molecule has 2 heterocycles. The first kappa shape index (κ1) is 26.3. The SMILES string of the molecule is CC(C)(C)c1ccc(N(C(=O)[C@H]2CC(=O)CN2C#N)C(C(=O)NC2CCCCC2)c2cccnc2)cc1. The Labute approximate surface area is 218 Å². The number of amides is 2. The second-order valence-corrected chi connectivity index (χ2v) is 11.0. The van der Waals surface area contributed by atoms with Crippen molar-refractivity contribution in [1.29, 1.82) is 5.26 Å². The van der Waals surface area contributed by atoms with E-state index in [0.29, 0.717) is 11.3 Å². The number of hydrogen-bond donors (Lipinski definition) is 1. The van der Waals surface area contributed by atoms with E-state index in [4.69, 9.17) is 0 Å². The Morgan fingerprint density at radius 1 is 1.14 bits per heavy atom. The van der Waals surface area contributed by atoms with Gasteiger partial charge in [0.05, 0.1) is 6.54 Å². The first-order valence-electron chi connectivity index (χ1n) is 13.0. The minimum atomic E-state index is -1.00. The quantitative estimate of drug-likeness (QED) is 0.599. The van der Waals surface area contributed by atoms with Gasteiger partial charge in [-0.2, -0.15) is 5.26 Å². The molecule has 37 heavy (non-hydrogen) atoms. The number of carbonyl (C=O) groups is 3. The van der Waals surface area contributed by atoms with Gasteiger partial charge in [-0.05, 0) is 42.0 Å². The fourth-order valence-electron chi connectivity index (χ4n) is 5.18. The summed E-state index contributed by atoms with van der Waals surface area (Å²) < 4.78 is 0. The molecular formula is C29H35N5O3. The summed E-state index contributed by atoms with van der Waals surface area (Å²) in [5, 5.41) is 12.8. The third-order valence-corrected chi connectivity index (χ3v) is 7.26. The highest BCUT2D eigenvalue weighted by atomic mass is 16.2. The lowest BCUT2D eigenvalue weighted by Crippen LogP contribution is -2.51. The molecule has 2 aliphatic rings. The number of nitriles is 1. The van der Waals surface area contributed by atoms with Gasteiger partial charge in [0.2, 0.25) is 5.91 Å². The maximum Gasteiger partial charge on any atom is 0.251 e. The van der Waals surface area contributed by atoms with Crippen LogP contribution in [0.15, 0.2) is 48.8 Å². The summed E-state index contributed by atoms with van der Waals surface area (Å²) >= 11 is 0. The van der Waals surface area contributed by atoms with E-state index >= 15 is 0 Å². The average molecular weight is 502 g/mol. The van der Waals surface area contributed by atoms with E-state index in [-0.39, 0.29) is 36.1 Å². The highest BCUT2D eigenvalue weighted by molar-refractivity contribution is 6.06. The van der Waals surface area contributed by atoms with Crippen molar-refractivity contribution < 1.29 is 14.4 Å². The molecule has 0 radical (unpaired) electrons. The van der Waals surface area contributed by atoms with Crippen LogP contribution in [0, 0.1) is 11.5 Å². The van der Waals surface area contributed by atoms with Crippen molar-refractivity contribution in [1.82, 2.24) is 15.2 Å². The Hall–Kier alpha value is -3.73. The van der Waals surface area contributed by atoms with Crippen LogP contribution in [0.4, 0.5) is 5.69 Å². The molecule has 194 valence electrons. The molecule has 2 aromatic rings. The Balaban J connectivity index is 1.79. The van der Waals surface area contributed by atoms with Crippen molar-refractivity contribution >= 4 is 23.3 Å². The third kappa shape index (κ3) is 5.99. The maximum absolute atomic E-state index is 14.1. The Bertz CT molecular complexity index is 1160. The second-order valence-electron chi connectivity index (χ2n) is 11.0. The predicted molar refractivity (Wildman–Crippen MR) is 140 cm³/mol. The van der Waals surface area contributed by atoms with Gasteiger partial charge in [-0.3, -0.25) is 29.2 Å². The molecule has 1 N–H and O–H groups in total. The van der Waals surface area contributed by atoms with Crippen molar-refractivity contribution in [3.8, 4) is 6.19 Å². The van der Waals surface area contributed by atoms with Gasteiger partial charge < -0.3 is 5.32 Å². The van der Waals surface area contributed by atoms with Crippen molar-refractivity contribution in [3.05, 3.63) is 59.9 Å². The van der Waals surface area contributed by atoms with Crippen LogP contribution >= 0.6 is 0 Å². The molecule has 2 amide bonds. The molecule has 2 fully saturated rings. The molecule has 1 unspecified atom stereocenters. The van der Waals surface area contributed by atoms with Crippen LogP contribution < -0.4 is 10.2 Å². The minimum absolute atomic E-state index is 0.0457. The number of likely N-dealkylation sites (tertiary alicyclic amines) is 1. The first-order valence-corrected chi connectivity index (χ1v) is 13.0. The molecule has 8 nitrogen and oxygen atoms in total. The van der Waals surface area contributed by atoms with Gasteiger partial charge in [0.15, 0.2) is 12.0 Å². The number of anilines is 1. The van der Waals surface area contributed by atoms with Crippen LogP contribution in [-0.4, -0.2) is 46.1 Å². The van der Waals surface area contributed by atoms with E-state index in [2.05, 4.69) is 31.1 Å². The molecule has 1 aromatic carbocycles. The summed E-state index contributed by atoms with van der Waals surface area (Å²) in [5.41, 5.74) is 2.09. The Kier molecular flexibility index (Phi) is 7.91. The van der Waals surface area contributed by atoms with Crippen LogP contribution in [0.2, 0.25) is 0 Å². The van der Waals surface area contributed by atoms with Crippen LogP contribution in [0.25, 0.3) is 0 Å². The maximum atomic E-state index is 14.1. The number of carbonyl (C=O) groups excluding carboxylic acids is 3. The largest absolute Gasteiger partial charge is 0.351 e. The number of ketones is 1. The van der Waals surface area contributed by atoms with Crippen LogP contribution in [0.5, 0.6) is 0 Å². The van der Waals surface area contributed by atoms with Gasteiger partial charge in [-0.1, -0.05) is 58.2 Å². The summed E-state index contributed by atoms with van der Waals surface area (Å²) in [5.74, 6) is -0.919. The third-order valence-electron chi connectivity index (χ3n) is 7.26. The topological polar surface area (TPSA) is 106 Å². The summed E-state index contributed by atoms with van der Waals surface area (Å²) in [6.07, 6.45) is 10.2. The number of nitrogens with one attached hydrogen (secondary N) is 1. The number of pyridine rings is 1. The van der Waals surface area contributed by atoms with Crippen molar-refractivity contribution in [2.45, 2.75) is 82.8 Å². The van der Waals surface area contributed by atoms with Crippen molar-refractivity contribution in [2.75, 3.05) is 11.4 Å². The highest BCUT2D eigenvalue weighted by Gasteiger charge is 2.43. The lowest BCUT2D eigenvalue weighted by Gasteiger charge is -2.35. The molecule has 0 bridgehead atoms. The number of hydrogen-bond acceptors (Lipinski definition) is 6. The fraction of sp³-hybridized carbons (Fsp3) is 0.483. The standard InChI is InChI=1S/C29H35N5O3/c1-29(2,3)21-11-13-23(14-12-21)34(28(37)25-16-24(35)18-33(25)19-30)26(20-8-7-15-31-17-20)27(36)32-22-9-5-4-6-10-22/h7-8,11-15,17,22,25-26H,4-6,9-10,16,18H2,1-3H3,(H,32,36)/t25-,26?/m1/s1. The van der Waals surface area contributed by atoms with Gasteiger partial charge in [0, 0.05) is 36.1 Å². The van der Waals surface area contributed by atoms with Crippen molar-refractivity contribution in [2.24, 2.45) is 0 Å². The molecule has 1 aromatic heterocycles. The molecule has 2 atom stereocenters. The van der Waals surface area contributed by atoms with Gasteiger partial charge >= 0.3 is 0 Å². The monoisotopic (exact) mass is 501 g/mol. The van der Waals surface area contributed by atoms with E-state index in [1.807, 2.05) is 30.5 Å². The van der Waals surface area contributed by atoms with Crippen LogP contribution in [-0.2, 0) is 19.8 Å². The molecular weight excluding hydrogens is 466 g/mol. The van der Waals surface area contributed by atoms with E-state index in [1.54, 1.807) is 24.5 Å². The van der Waals surface area contributed by atoms with Crippen LogP contribution in [0.1, 0.15) is 76.5 Å². The number of rotatable bonds is 6. The number of nitrogens with zero attached hydrogens (tertiary/aromatic N) is 4. The number of Topliss-reactive ketones (excluding diaryl/α,β-unsaturated/α-hetero) is 1. The van der Waals surface area contributed by atoms with Gasteiger partial charge in [-0.25, -0.2) is 0 Å². The molecule has 4 rings (SSSR count). The lowest BCUT2D eigenvalue weighted by atomic mass is 9.87. The molecule has 1 saturated heterocycles. The normalized spacial score (nSPS) is 19.2. The Morgan fingerprint density at radius 3 is 2.43 bits per heavy atom. The minimum Gasteiger partial charge on any atom is -0.351 e. The van der Waals surface area contributed by atoms with Gasteiger partial charge in [-0.15, -0.1) is 0 Å². The number of benzene rings is 1. The molecule has 1 aliphatic carbocycles. The summed E-state index contributed by atoms with van der Waals surface area (Å²) in [6, 6.07) is 9.19. The van der Waals surface area contributed by atoms with E-state index < -0.39 is 18.0 Å². The van der Waals surface area contributed by atoms with E-state index in [9.17, 15) is 19.6 Å². The summed E-state index contributed by atoms with van der Waals surface area (Å²) in [7, 11) is 0. The zero-order valence-corrected chi connectivity index (χ0v) is 21.8. The van der Waals surface area contributed by atoms with Gasteiger partial charge in [0.25, 0.3) is 5.91 Å². The summed E-state index contributed by atoms with van der Waals surface area (Å²) in [6.45, 7) is 6.22. The van der Waals surface area contributed by atoms with E-state index in [0.717, 1.165) is 37.7 Å². The average Bonchev–Trinajstić information content (AvgIpc) is 3.28. The predicted octanol–water partition coefficient (Wildman–Crippen LogP) is 4.03.